The second kappa shape index (κ2) is 6.52. The van der Waals surface area contributed by atoms with E-state index in [2.05, 4.69) is 20.4 Å². The van der Waals surface area contributed by atoms with Crippen molar-refractivity contribution in [2.24, 2.45) is 10.3 Å². The lowest BCUT2D eigenvalue weighted by atomic mass is 10.2. The van der Waals surface area contributed by atoms with Gasteiger partial charge in [0.2, 0.25) is 11.6 Å². The van der Waals surface area contributed by atoms with Crippen molar-refractivity contribution in [2.75, 3.05) is 6.61 Å². The first-order valence-electron chi connectivity index (χ1n) is 4.23. The van der Waals surface area contributed by atoms with Crippen LogP contribution in [0.5, 0.6) is 0 Å². The van der Waals surface area contributed by atoms with Crippen LogP contribution in [-0.4, -0.2) is 35.1 Å². The largest absolute Gasteiger partial charge is 0.461 e. The second-order valence-electron chi connectivity index (χ2n) is 2.53. The molecule has 0 spiro atoms. The third-order valence-electron chi connectivity index (χ3n) is 1.29. The molecule has 2 N–H and O–H groups in total. The molecule has 0 atom stereocenters. The van der Waals surface area contributed by atoms with Crippen LogP contribution in [0.1, 0.15) is 20.8 Å². The van der Waals surface area contributed by atoms with Gasteiger partial charge in [-0.25, -0.2) is 10.2 Å². The number of nitrogens with zero attached hydrogens (tertiary/aromatic N) is 2. The number of nitrogens with one attached hydrogen (secondary N) is 1. The number of carbonyl (C=O) groups is 2. The van der Waals surface area contributed by atoms with E-state index in [0.29, 0.717) is 0 Å². The van der Waals surface area contributed by atoms with Crippen LogP contribution in [0.4, 0.5) is 0 Å². The first-order valence-corrected chi connectivity index (χ1v) is 4.23. The number of hydrogen-bond acceptors (Lipinski definition) is 6. The fraction of sp³-hybridized carbons (Fsp3) is 0.500. The monoisotopic (exact) mass is 215 g/mol. The van der Waals surface area contributed by atoms with E-state index in [1.54, 1.807) is 6.92 Å². The minimum absolute atomic E-state index is 0.0613. The van der Waals surface area contributed by atoms with Crippen molar-refractivity contribution in [3.8, 4) is 0 Å². The molecule has 0 saturated heterocycles. The van der Waals surface area contributed by atoms with Gasteiger partial charge in [-0.2, -0.15) is 5.10 Å². The normalized spacial score (nSPS) is 12.2. The fourth-order valence-corrected chi connectivity index (χ4v) is 0.676. The van der Waals surface area contributed by atoms with E-state index in [1.807, 2.05) is 0 Å². The van der Waals surface area contributed by atoms with E-state index in [9.17, 15) is 9.59 Å². The molecule has 1 amide bonds. The first-order chi connectivity index (χ1) is 7.02. The SMILES string of the molecule is CCOC(=O)C(=NO)C(C)=NNC(C)=O. The molecule has 0 aliphatic heterocycles. The van der Waals surface area contributed by atoms with E-state index >= 15 is 0 Å². The standard InChI is InChI=1S/C8H13N3O4/c1-4-15-8(13)7(11-14)5(2)9-10-6(3)12/h14H,4H2,1-3H3,(H,10,12). The Morgan fingerprint density at radius 1 is 1.40 bits per heavy atom. The molecular formula is C8H13N3O4. The van der Waals surface area contributed by atoms with Gasteiger partial charge in [-0.15, -0.1) is 0 Å². The molecule has 7 nitrogen and oxygen atoms in total. The lowest BCUT2D eigenvalue weighted by Gasteiger charge is -2.03. The van der Waals surface area contributed by atoms with E-state index < -0.39 is 11.9 Å². The van der Waals surface area contributed by atoms with Crippen LogP contribution in [0, 0.1) is 0 Å². The Bertz CT molecular complexity index is 309. The maximum absolute atomic E-state index is 11.2. The Balaban J connectivity index is 4.62. The smallest absolute Gasteiger partial charge is 0.362 e. The van der Waals surface area contributed by atoms with Crippen LogP contribution >= 0.6 is 0 Å². The van der Waals surface area contributed by atoms with Crippen LogP contribution < -0.4 is 5.43 Å². The Hall–Kier alpha value is -1.92. The van der Waals surface area contributed by atoms with E-state index in [0.717, 1.165) is 0 Å². The summed E-state index contributed by atoms with van der Waals surface area (Å²) < 4.78 is 4.60. The van der Waals surface area contributed by atoms with Gasteiger partial charge in [0.1, 0.15) is 0 Å². The van der Waals surface area contributed by atoms with Gasteiger partial charge in [-0.3, -0.25) is 4.79 Å². The van der Waals surface area contributed by atoms with Gasteiger partial charge in [0.15, 0.2) is 0 Å². The summed E-state index contributed by atoms with van der Waals surface area (Å²) in [4.78, 5) is 21.7. The third-order valence-corrected chi connectivity index (χ3v) is 1.29. The highest BCUT2D eigenvalue weighted by Crippen LogP contribution is 1.89. The molecule has 0 aromatic heterocycles. The fourth-order valence-electron chi connectivity index (χ4n) is 0.676. The lowest BCUT2D eigenvalue weighted by molar-refractivity contribution is -0.135. The zero-order chi connectivity index (χ0) is 11.8. The molecule has 0 bridgehead atoms. The van der Waals surface area contributed by atoms with Crippen LogP contribution in [0.3, 0.4) is 0 Å². The first kappa shape index (κ1) is 13.1. The van der Waals surface area contributed by atoms with Gasteiger partial charge >= 0.3 is 5.97 Å². The molecule has 7 heteroatoms. The molecule has 0 radical (unpaired) electrons. The molecule has 84 valence electrons. The second-order valence-corrected chi connectivity index (χ2v) is 2.53. The summed E-state index contributed by atoms with van der Waals surface area (Å²) in [5.41, 5.74) is 1.83. The molecule has 0 heterocycles. The number of carbonyl (C=O) groups excluding carboxylic acids is 2. The third kappa shape index (κ3) is 4.75. The molecule has 0 unspecified atom stereocenters. The Kier molecular flexibility index (Phi) is 5.69. The molecule has 0 aromatic rings. The summed E-state index contributed by atoms with van der Waals surface area (Å²) in [6, 6.07) is 0. The Morgan fingerprint density at radius 2 is 2.00 bits per heavy atom. The zero-order valence-corrected chi connectivity index (χ0v) is 8.77. The summed E-state index contributed by atoms with van der Waals surface area (Å²) >= 11 is 0. The van der Waals surface area contributed by atoms with Crippen molar-refractivity contribution in [2.45, 2.75) is 20.8 Å². The average molecular weight is 215 g/mol. The van der Waals surface area contributed by atoms with E-state index in [-0.39, 0.29) is 18.0 Å². The van der Waals surface area contributed by atoms with Crippen molar-refractivity contribution in [1.82, 2.24) is 5.43 Å². The number of esters is 1. The molecule has 0 saturated carbocycles. The number of rotatable bonds is 4. The zero-order valence-electron chi connectivity index (χ0n) is 8.77. The molecule has 15 heavy (non-hydrogen) atoms. The summed E-state index contributed by atoms with van der Waals surface area (Å²) in [5, 5.41) is 14.8. The van der Waals surface area contributed by atoms with E-state index in [1.165, 1.54) is 13.8 Å². The molecule has 0 aliphatic carbocycles. The minimum atomic E-state index is -0.799. The maximum Gasteiger partial charge on any atom is 0.362 e. The van der Waals surface area contributed by atoms with E-state index in [4.69, 9.17) is 5.21 Å². The van der Waals surface area contributed by atoms with Crippen LogP contribution in [0.15, 0.2) is 10.3 Å². The predicted octanol–water partition coefficient (Wildman–Crippen LogP) is -0.108. The highest BCUT2D eigenvalue weighted by Gasteiger charge is 2.17. The van der Waals surface area contributed by atoms with Crippen LogP contribution in [0.2, 0.25) is 0 Å². The van der Waals surface area contributed by atoms with Crippen LogP contribution in [0.25, 0.3) is 0 Å². The molecular weight excluding hydrogens is 202 g/mol. The molecule has 0 aromatic carbocycles. The summed E-state index contributed by atoms with van der Waals surface area (Å²) in [7, 11) is 0. The highest BCUT2D eigenvalue weighted by atomic mass is 16.5. The Morgan fingerprint density at radius 3 is 2.40 bits per heavy atom. The van der Waals surface area contributed by atoms with Crippen molar-refractivity contribution < 1.29 is 19.5 Å². The number of ether oxygens (including phenoxy) is 1. The van der Waals surface area contributed by atoms with Gasteiger partial charge in [0, 0.05) is 6.92 Å². The van der Waals surface area contributed by atoms with Crippen molar-refractivity contribution >= 4 is 23.3 Å². The van der Waals surface area contributed by atoms with Crippen molar-refractivity contribution in [1.29, 1.82) is 0 Å². The van der Waals surface area contributed by atoms with Gasteiger partial charge in [-0.05, 0) is 13.8 Å². The number of hydrogen-bond donors (Lipinski definition) is 2. The Labute approximate surface area is 86.8 Å². The number of oxime groups is 1. The van der Waals surface area contributed by atoms with Crippen molar-refractivity contribution in [3.05, 3.63) is 0 Å². The average Bonchev–Trinajstić information content (AvgIpc) is 2.16. The van der Waals surface area contributed by atoms with Gasteiger partial charge < -0.3 is 9.94 Å². The maximum atomic E-state index is 11.2. The quantitative estimate of drug-likeness (QED) is 0.296. The van der Waals surface area contributed by atoms with Crippen LogP contribution in [-0.2, 0) is 14.3 Å². The number of hydrazone groups is 1. The molecule has 0 aliphatic rings. The summed E-state index contributed by atoms with van der Waals surface area (Å²) in [6.45, 7) is 4.44. The summed E-state index contributed by atoms with van der Waals surface area (Å²) in [5.74, 6) is -1.19. The van der Waals surface area contributed by atoms with Crippen molar-refractivity contribution in [3.63, 3.8) is 0 Å². The highest BCUT2D eigenvalue weighted by molar-refractivity contribution is 6.65. The lowest BCUT2D eigenvalue weighted by Crippen LogP contribution is -2.27. The minimum Gasteiger partial charge on any atom is -0.461 e. The molecule has 0 fully saturated rings. The summed E-state index contributed by atoms with van der Waals surface area (Å²) in [6.07, 6.45) is 0. The number of amides is 1. The van der Waals surface area contributed by atoms with Gasteiger partial charge in [0.25, 0.3) is 0 Å². The van der Waals surface area contributed by atoms with Gasteiger partial charge in [-0.1, -0.05) is 5.16 Å². The molecule has 0 rings (SSSR count). The topological polar surface area (TPSA) is 100 Å². The van der Waals surface area contributed by atoms with Gasteiger partial charge in [0.05, 0.1) is 12.3 Å². The predicted molar refractivity (Wildman–Crippen MR) is 52.8 cm³/mol.